The summed E-state index contributed by atoms with van der Waals surface area (Å²) in [7, 11) is 3.94. The van der Waals surface area contributed by atoms with Crippen LogP contribution < -0.4 is 0 Å². The third kappa shape index (κ3) is 4.10. The van der Waals surface area contributed by atoms with Crippen molar-refractivity contribution in [1.29, 1.82) is 0 Å². The van der Waals surface area contributed by atoms with Crippen LogP contribution in [0.15, 0.2) is 0 Å². The molecule has 2 nitrogen and oxygen atoms in total. The summed E-state index contributed by atoms with van der Waals surface area (Å²) in [5.74, 6) is 0. The number of rotatable bonds is 5. The van der Waals surface area contributed by atoms with Gasteiger partial charge in [0.25, 0.3) is 0 Å². The lowest BCUT2D eigenvalue weighted by atomic mass is 9.88. The Morgan fingerprint density at radius 3 is 1.92 bits per heavy atom. The first-order valence-corrected chi connectivity index (χ1v) is 5.01. The number of methoxy groups -OCH3 is 1. The van der Waals surface area contributed by atoms with Crippen molar-refractivity contribution in [2.24, 2.45) is 0 Å². The Kier molecular flexibility index (Phi) is 4.40. The normalized spacial score (nSPS) is 13.8. The molecule has 0 spiro atoms. The van der Waals surface area contributed by atoms with E-state index in [9.17, 15) is 0 Å². The van der Waals surface area contributed by atoms with Gasteiger partial charge in [-0.1, -0.05) is 6.92 Å². The van der Waals surface area contributed by atoms with E-state index in [1.807, 2.05) is 0 Å². The molecule has 0 saturated heterocycles. The topological polar surface area (TPSA) is 12.5 Å². The Morgan fingerprint density at radius 2 is 1.62 bits per heavy atom. The molecule has 0 rings (SSSR count). The average Bonchev–Trinajstić information content (AvgIpc) is 2.01. The van der Waals surface area contributed by atoms with E-state index in [1.54, 1.807) is 7.11 Å². The van der Waals surface area contributed by atoms with Gasteiger partial charge < -0.3 is 9.64 Å². The van der Waals surface area contributed by atoms with Gasteiger partial charge in [0, 0.05) is 12.6 Å². The highest BCUT2D eigenvalue weighted by Crippen LogP contribution is 2.26. The van der Waals surface area contributed by atoms with E-state index < -0.39 is 0 Å². The molecule has 80 valence electrons. The lowest BCUT2D eigenvalue weighted by Gasteiger charge is -2.40. The van der Waals surface area contributed by atoms with Gasteiger partial charge >= 0.3 is 0 Å². The molecule has 0 aromatic carbocycles. The van der Waals surface area contributed by atoms with Crippen molar-refractivity contribution in [3.05, 3.63) is 0 Å². The van der Waals surface area contributed by atoms with Crippen molar-refractivity contribution in [2.75, 3.05) is 20.7 Å². The van der Waals surface area contributed by atoms with E-state index in [0.717, 1.165) is 13.0 Å². The maximum Gasteiger partial charge on any atom is 0.0640 e. The van der Waals surface area contributed by atoms with Crippen LogP contribution in [-0.4, -0.2) is 36.7 Å². The Hall–Kier alpha value is -0.0800. The smallest absolute Gasteiger partial charge is 0.0640 e. The standard InChI is InChI=1S/C11H25NO/c1-8-12(6)10(2,3)9-11(4,5)13-7/h8-9H2,1-7H3. The third-order valence-corrected chi connectivity index (χ3v) is 2.92. The van der Waals surface area contributed by atoms with E-state index in [1.165, 1.54) is 0 Å². The van der Waals surface area contributed by atoms with Crippen LogP contribution in [0.25, 0.3) is 0 Å². The van der Waals surface area contributed by atoms with Gasteiger partial charge in [-0.25, -0.2) is 0 Å². The molecule has 2 heteroatoms. The van der Waals surface area contributed by atoms with Crippen molar-refractivity contribution in [3.63, 3.8) is 0 Å². The van der Waals surface area contributed by atoms with Crippen molar-refractivity contribution < 1.29 is 4.74 Å². The molecule has 0 radical (unpaired) electrons. The maximum absolute atomic E-state index is 5.44. The zero-order valence-electron chi connectivity index (χ0n) is 10.3. The quantitative estimate of drug-likeness (QED) is 0.656. The van der Waals surface area contributed by atoms with Crippen molar-refractivity contribution >= 4 is 0 Å². The monoisotopic (exact) mass is 187 g/mol. The zero-order chi connectivity index (χ0) is 10.7. The molecular weight excluding hydrogens is 162 g/mol. The molecule has 0 aliphatic carbocycles. The highest BCUT2D eigenvalue weighted by atomic mass is 16.5. The maximum atomic E-state index is 5.44. The summed E-state index contributed by atoms with van der Waals surface area (Å²) in [6, 6.07) is 0. The fourth-order valence-corrected chi connectivity index (χ4v) is 1.68. The molecule has 0 aromatic heterocycles. The summed E-state index contributed by atoms with van der Waals surface area (Å²) < 4.78 is 5.44. The molecule has 0 N–H and O–H groups in total. The van der Waals surface area contributed by atoms with Crippen LogP contribution in [0.1, 0.15) is 41.0 Å². The van der Waals surface area contributed by atoms with Crippen LogP contribution in [0.2, 0.25) is 0 Å². The van der Waals surface area contributed by atoms with Crippen molar-refractivity contribution in [1.82, 2.24) is 4.90 Å². The fourth-order valence-electron chi connectivity index (χ4n) is 1.68. The number of ether oxygens (including phenoxy) is 1. The molecule has 0 aliphatic heterocycles. The summed E-state index contributed by atoms with van der Waals surface area (Å²) in [4.78, 5) is 2.35. The third-order valence-electron chi connectivity index (χ3n) is 2.92. The van der Waals surface area contributed by atoms with Gasteiger partial charge in [-0.2, -0.15) is 0 Å². The first-order chi connectivity index (χ1) is 5.75. The summed E-state index contributed by atoms with van der Waals surface area (Å²) in [5, 5.41) is 0. The molecule has 0 atom stereocenters. The molecule has 0 saturated carbocycles. The van der Waals surface area contributed by atoms with E-state index in [4.69, 9.17) is 4.74 Å². The number of hydrogen-bond donors (Lipinski definition) is 0. The Morgan fingerprint density at radius 1 is 1.15 bits per heavy atom. The molecule has 0 unspecified atom stereocenters. The Balaban J connectivity index is 4.32. The van der Waals surface area contributed by atoms with E-state index in [-0.39, 0.29) is 11.1 Å². The van der Waals surface area contributed by atoms with Gasteiger partial charge in [0.2, 0.25) is 0 Å². The first-order valence-electron chi connectivity index (χ1n) is 5.01. The second-order valence-electron chi connectivity index (χ2n) is 4.97. The molecule has 13 heavy (non-hydrogen) atoms. The van der Waals surface area contributed by atoms with Gasteiger partial charge in [-0.05, 0) is 47.7 Å². The van der Waals surface area contributed by atoms with Crippen LogP contribution in [0.3, 0.4) is 0 Å². The van der Waals surface area contributed by atoms with Gasteiger partial charge in [0.1, 0.15) is 0 Å². The minimum absolute atomic E-state index is 0.0348. The van der Waals surface area contributed by atoms with Crippen LogP contribution in [0, 0.1) is 0 Å². The predicted molar refractivity (Wildman–Crippen MR) is 58.1 cm³/mol. The zero-order valence-corrected chi connectivity index (χ0v) is 10.3. The second-order valence-corrected chi connectivity index (χ2v) is 4.97. The lowest BCUT2D eigenvalue weighted by Crippen LogP contribution is -2.46. The van der Waals surface area contributed by atoms with Crippen molar-refractivity contribution in [2.45, 2.75) is 52.2 Å². The highest BCUT2D eigenvalue weighted by Gasteiger charge is 2.30. The highest BCUT2D eigenvalue weighted by molar-refractivity contribution is 4.86. The predicted octanol–water partition coefficient (Wildman–Crippen LogP) is 2.53. The van der Waals surface area contributed by atoms with Crippen LogP contribution in [-0.2, 0) is 4.74 Å². The first kappa shape index (κ1) is 12.9. The average molecular weight is 187 g/mol. The molecule has 0 amide bonds. The summed E-state index contributed by atoms with van der Waals surface area (Å²) in [5.41, 5.74) is 0.168. The minimum Gasteiger partial charge on any atom is -0.379 e. The van der Waals surface area contributed by atoms with E-state index >= 15 is 0 Å². The molecule has 0 fully saturated rings. The summed E-state index contributed by atoms with van der Waals surface area (Å²) in [6.45, 7) is 12.1. The molecule has 0 aliphatic rings. The van der Waals surface area contributed by atoms with Gasteiger partial charge in [0.05, 0.1) is 5.60 Å². The van der Waals surface area contributed by atoms with E-state index in [0.29, 0.717) is 0 Å². The number of nitrogens with zero attached hydrogens (tertiary/aromatic N) is 1. The van der Waals surface area contributed by atoms with Crippen molar-refractivity contribution in [3.8, 4) is 0 Å². The van der Waals surface area contributed by atoms with Gasteiger partial charge in [0.15, 0.2) is 0 Å². The molecular formula is C11H25NO. The number of hydrogen-bond acceptors (Lipinski definition) is 2. The lowest BCUT2D eigenvalue weighted by molar-refractivity contribution is -0.0248. The van der Waals surface area contributed by atoms with Gasteiger partial charge in [-0.3, -0.25) is 0 Å². The van der Waals surface area contributed by atoms with Gasteiger partial charge in [-0.15, -0.1) is 0 Å². The molecule has 0 heterocycles. The SMILES string of the molecule is CCN(C)C(C)(C)CC(C)(C)OC. The second kappa shape index (κ2) is 4.43. The van der Waals surface area contributed by atoms with Crippen LogP contribution in [0.5, 0.6) is 0 Å². The molecule has 0 aromatic rings. The largest absolute Gasteiger partial charge is 0.379 e. The van der Waals surface area contributed by atoms with Crippen LogP contribution in [0.4, 0.5) is 0 Å². The fraction of sp³-hybridized carbons (Fsp3) is 1.00. The van der Waals surface area contributed by atoms with E-state index in [2.05, 4.69) is 46.6 Å². The van der Waals surface area contributed by atoms with Crippen LogP contribution >= 0.6 is 0 Å². The Bertz CT molecular complexity index is 152. The summed E-state index contributed by atoms with van der Waals surface area (Å²) in [6.07, 6.45) is 1.04. The Labute approximate surface area is 83.3 Å². The molecule has 0 bridgehead atoms. The minimum atomic E-state index is -0.0348. The summed E-state index contributed by atoms with van der Waals surface area (Å²) >= 11 is 0.